The van der Waals surface area contributed by atoms with E-state index in [4.69, 9.17) is 5.73 Å². The fourth-order valence-corrected chi connectivity index (χ4v) is 2.94. The summed E-state index contributed by atoms with van der Waals surface area (Å²) in [5.74, 6) is 0. The van der Waals surface area contributed by atoms with Crippen molar-refractivity contribution in [2.75, 3.05) is 31.1 Å². The van der Waals surface area contributed by atoms with Crippen LogP contribution in [0.1, 0.15) is 11.1 Å². The van der Waals surface area contributed by atoms with Crippen molar-refractivity contribution in [1.82, 2.24) is 10.2 Å². The van der Waals surface area contributed by atoms with E-state index in [-0.39, 0.29) is 6.03 Å². The zero-order valence-electron chi connectivity index (χ0n) is 11.2. The molecule has 0 aromatic heterocycles. The van der Waals surface area contributed by atoms with Crippen molar-refractivity contribution in [1.29, 1.82) is 0 Å². The minimum Gasteiger partial charge on any atom is -0.368 e. The summed E-state index contributed by atoms with van der Waals surface area (Å²) >= 11 is 0. The van der Waals surface area contributed by atoms with Gasteiger partial charge < -0.3 is 20.9 Å². The molecule has 5 heteroatoms. The fourth-order valence-electron chi connectivity index (χ4n) is 2.94. The lowest BCUT2D eigenvalue weighted by atomic mass is 10.1. The number of hydrogen-bond donors (Lipinski definition) is 2. The van der Waals surface area contributed by atoms with Crippen LogP contribution >= 0.6 is 0 Å². The number of hydrogen-bond acceptors (Lipinski definition) is 3. The standard InChI is InChI=1S/C14H20N4O/c1-10-6-12(3-2-11(10)7-15)17-4-5-18-13(9-17)8-16-14(18)19/h2-3,6,13H,4-5,7-9,15H2,1H3,(H,16,19). The number of urea groups is 1. The molecule has 19 heavy (non-hydrogen) atoms. The van der Waals surface area contributed by atoms with E-state index in [9.17, 15) is 4.79 Å². The molecule has 0 spiro atoms. The summed E-state index contributed by atoms with van der Waals surface area (Å²) in [6.07, 6.45) is 0. The zero-order valence-corrected chi connectivity index (χ0v) is 11.2. The van der Waals surface area contributed by atoms with Crippen molar-refractivity contribution in [3.05, 3.63) is 29.3 Å². The minimum absolute atomic E-state index is 0.0827. The Kier molecular flexibility index (Phi) is 3.06. The van der Waals surface area contributed by atoms with Crippen LogP contribution in [0.4, 0.5) is 10.5 Å². The van der Waals surface area contributed by atoms with E-state index in [0.717, 1.165) is 26.2 Å². The molecule has 0 saturated carbocycles. The monoisotopic (exact) mass is 260 g/mol. The van der Waals surface area contributed by atoms with Crippen LogP contribution in [-0.4, -0.2) is 43.2 Å². The van der Waals surface area contributed by atoms with Gasteiger partial charge >= 0.3 is 6.03 Å². The molecule has 3 N–H and O–H groups in total. The maximum absolute atomic E-state index is 11.6. The van der Waals surface area contributed by atoms with Crippen LogP contribution in [0.2, 0.25) is 0 Å². The molecule has 1 unspecified atom stereocenters. The Morgan fingerprint density at radius 2 is 2.26 bits per heavy atom. The van der Waals surface area contributed by atoms with E-state index in [1.807, 2.05) is 4.90 Å². The van der Waals surface area contributed by atoms with Gasteiger partial charge in [0.25, 0.3) is 0 Å². The SMILES string of the molecule is Cc1cc(N2CCN3C(=O)NCC3C2)ccc1CN. The van der Waals surface area contributed by atoms with Gasteiger partial charge in [-0.1, -0.05) is 6.07 Å². The Hall–Kier alpha value is -1.75. The van der Waals surface area contributed by atoms with Crippen LogP contribution in [0, 0.1) is 6.92 Å². The number of piperazine rings is 1. The Bertz CT molecular complexity index is 502. The molecule has 0 radical (unpaired) electrons. The van der Waals surface area contributed by atoms with Gasteiger partial charge in [0.15, 0.2) is 0 Å². The number of rotatable bonds is 2. The second-order valence-electron chi connectivity index (χ2n) is 5.29. The molecule has 2 amide bonds. The third-order valence-electron chi connectivity index (χ3n) is 4.14. The molecule has 3 rings (SSSR count). The quantitative estimate of drug-likeness (QED) is 0.821. The predicted octanol–water partition coefficient (Wildman–Crippen LogP) is 0.668. The Morgan fingerprint density at radius 3 is 3.00 bits per heavy atom. The first-order valence-corrected chi connectivity index (χ1v) is 6.78. The second kappa shape index (κ2) is 4.74. The van der Waals surface area contributed by atoms with Gasteiger partial charge in [-0.25, -0.2) is 4.79 Å². The van der Waals surface area contributed by atoms with E-state index in [1.165, 1.54) is 16.8 Å². The normalized spacial score (nSPS) is 22.4. The number of anilines is 1. The van der Waals surface area contributed by atoms with Gasteiger partial charge in [0.1, 0.15) is 0 Å². The van der Waals surface area contributed by atoms with E-state index >= 15 is 0 Å². The minimum atomic E-state index is 0.0827. The second-order valence-corrected chi connectivity index (χ2v) is 5.29. The maximum atomic E-state index is 11.6. The molecule has 2 fully saturated rings. The summed E-state index contributed by atoms with van der Waals surface area (Å²) in [5, 5.41) is 2.91. The highest BCUT2D eigenvalue weighted by Crippen LogP contribution is 2.23. The number of benzene rings is 1. The van der Waals surface area contributed by atoms with Gasteiger partial charge in [-0.15, -0.1) is 0 Å². The predicted molar refractivity (Wildman–Crippen MR) is 75.2 cm³/mol. The first-order chi connectivity index (χ1) is 9.19. The highest BCUT2D eigenvalue weighted by Gasteiger charge is 2.35. The Balaban J connectivity index is 1.77. The Morgan fingerprint density at radius 1 is 1.42 bits per heavy atom. The smallest absolute Gasteiger partial charge is 0.317 e. The third-order valence-corrected chi connectivity index (χ3v) is 4.14. The lowest BCUT2D eigenvalue weighted by molar-refractivity contribution is 0.197. The lowest BCUT2D eigenvalue weighted by Gasteiger charge is -2.38. The molecule has 2 aliphatic heterocycles. The lowest BCUT2D eigenvalue weighted by Crippen LogP contribution is -2.52. The molecule has 2 saturated heterocycles. The molecule has 5 nitrogen and oxygen atoms in total. The van der Waals surface area contributed by atoms with Crippen molar-refractivity contribution < 1.29 is 4.79 Å². The van der Waals surface area contributed by atoms with Crippen LogP contribution in [0.5, 0.6) is 0 Å². The molecule has 102 valence electrons. The van der Waals surface area contributed by atoms with E-state index in [2.05, 4.69) is 35.3 Å². The number of carbonyl (C=O) groups excluding carboxylic acids is 1. The van der Waals surface area contributed by atoms with Gasteiger partial charge in [0, 0.05) is 38.4 Å². The van der Waals surface area contributed by atoms with Crippen LogP contribution < -0.4 is 16.0 Å². The van der Waals surface area contributed by atoms with Crippen molar-refractivity contribution in [2.45, 2.75) is 19.5 Å². The number of nitrogens with one attached hydrogen (secondary N) is 1. The summed E-state index contributed by atoms with van der Waals surface area (Å²) in [4.78, 5) is 15.9. The van der Waals surface area contributed by atoms with Gasteiger partial charge in [0.2, 0.25) is 0 Å². The fraction of sp³-hybridized carbons (Fsp3) is 0.500. The number of aryl methyl sites for hydroxylation is 1. The third kappa shape index (κ3) is 2.14. The topological polar surface area (TPSA) is 61.6 Å². The average Bonchev–Trinajstić information content (AvgIpc) is 2.80. The van der Waals surface area contributed by atoms with Crippen molar-refractivity contribution in [3.63, 3.8) is 0 Å². The largest absolute Gasteiger partial charge is 0.368 e. The average molecular weight is 260 g/mol. The molecule has 0 aliphatic carbocycles. The molecule has 2 heterocycles. The molecule has 1 aromatic rings. The number of fused-ring (bicyclic) bond motifs is 1. The van der Waals surface area contributed by atoms with Crippen LogP contribution in [0.25, 0.3) is 0 Å². The molecule has 1 aromatic carbocycles. The Labute approximate surface area is 113 Å². The van der Waals surface area contributed by atoms with Crippen molar-refractivity contribution >= 4 is 11.7 Å². The first-order valence-electron chi connectivity index (χ1n) is 6.78. The van der Waals surface area contributed by atoms with Gasteiger partial charge in [-0.3, -0.25) is 0 Å². The van der Waals surface area contributed by atoms with Crippen LogP contribution in [-0.2, 0) is 6.54 Å². The maximum Gasteiger partial charge on any atom is 0.317 e. The molecule has 1 atom stereocenters. The highest BCUT2D eigenvalue weighted by molar-refractivity contribution is 5.77. The van der Waals surface area contributed by atoms with Gasteiger partial charge in [0.05, 0.1) is 6.04 Å². The number of nitrogens with zero attached hydrogens (tertiary/aromatic N) is 2. The molecular weight excluding hydrogens is 240 g/mol. The van der Waals surface area contributed by atoms with E-state index < -0.39 is 0 Å². The molecule has 0 bridgehead atoms. The zero-order chi connectivity index (χ0) is 13.4. The van der Waals surface area contributed by atoms with Gasteiger partial charge in [-0.05, 0) is 30.2 Å². The summed E-state index contributed by atoms with van der Waals surface area (Å²) < 4.78 is 0. The summed E-state index contributed by atoms with van der Waals surface area (Å²) in [7, 11) is 0. The molecule has 2 aliphatic rings. The van der Waals surface area contributed by atoms with Crippen LogP contribution in [0.15, 0.2) is 18.2 Å². The number of nitrogens with two attached hydrogens (primary N) is 1. The number of carbonyl (C=O) groups is 1. The van der Waals surface area contributed by atoms with E-state index in [0.29, 0.717) is 12.6 Å². The summed E-state index contributed by atoms with van der Waals surface area (Å²) in [5.41, 5.74) is 9.36. The summed E-state index contributed by atoms with van der Waals surface area (Å²) in [6, 6.07) is 6.82. The van der Waals surface area contributed by atoms with E-state index in [1.54, 1.807) is 0 Å². The highest BCUT2D eigenvalue weighted by atomic mass is 16.2. The van der Waals surface area contributed by atoms with Crippen molar-refractivity contribution in [2.24, 2.45) is 5.73 Å². The summed E-state index contributed by atoms with van der Waals surface area (Å²) in [6.45, 7) is 6.04. The first kappa shape index (κ1) is 12.3. The molecular formula is C14H20N4O. The van der Waals surface area contributed by atoms with Crippen LogP contribution in [0.3, 0.4) is 0 Å². The van der Waals surface area contributed by atoms with Crippen molar-refractivity contribution in [3.8, 4) is 0 Å². The van der Waals surface area contributed by atoms with Gasteiger partial charge in [-0.2, -0.15) is 0 Å². The number of amides is 2.